The Bertz CT molecular complexity index is 1710. The molecule has 1 heterocycles. The number of hydrogen-bond acceptors (Lipinski definition) is 6. The Hall–Kier alpha value is -5.12. The number of anilines is 2. The Balaban J connectivity index is 1.32. The van der Waals surface area contributed by atoms with Crippen LogP contribution in [0.25, 0.3) is 6.08 Å². The van der Waals surface area contributed by atoms with Crippen molar-refractivity contribution < 1.29 is 28.7 Å². The summed E-state index contributed by atoms with van der Waals surface area (Å²) in [7, 11) is 0. The van der Waals surface area contributed by atoms with E-state index in [1.54, 1.807) is 48.5 Å². The van der Waals surface area contributed by atoms with Gasteiger partial charge in [-0.3, -0.25) is 19.7 Å². The van der Waals surface area contributed by atoms with E-state index in [2.05, 4.69) is 10.6 Å². The minimum atomic E-state index is -0.897. The number of urea groups is 1. The predicted octanol–water partition coefficient (Wildman–Crippen LogP) is 6.26. The van der Waals surface area contributed by atoms with Gasteiger partial charge in [0.05, 0.1) is 5.69 Å². The van der Waals surface area contributed by atoms with Gasteiger partial charge in [-0.25, -0.2) is 9.69 Å². The summed E-state index contributed by atoms with van der Waals surface area (Å²) in [6, 6.07) is 26.1. The fraction of sp³-hybridized carbons (Fsp3) is 0.0625. The largest absolute Gasteiger partial charge is 0.489 e. The van der Waals surface area contributed by atoms with Crippen molar-refractivity contribution in [1.29, 1.82) is 0 Å². The zero-order valence-corrected chi connectivity index (χ0v) is 23.9. The van der Waals surface area contributed by atoms with Crippen LogP contribution in [0.5, 0.6) is 11.5 Å². The number of benzene rings is 4. The van der Waals surface area contributed by atoms with Crippen LogP contribution in [0.4, 0.5) is 16.2 Å². The highest BCUT2D eigenvalue weighted by Crippen LogP contribution is 2.29. The second kappa shape index (κ2) is 13.2. The monoisotopic (exact) mass is 615 g/mol. The highest BCUT2D eigenvalue weighted by atomic mass is 35.5. The minimum absolute atomic E-state index is 0.187. The summed E-state index contributed by atoms with van der Waals surface area (Å²) in [5.41, 5.74) is 1.67. The summed E-state index contributed by atoms with van der Waals surface area (Å²) in [4.78, 5) is 52.2. The van der Waals surface area contributed by atoms with E-state index >= 15 is 0 Å². The van der Waals surface area contributed by atoms with E-state index in [0.29, 0.717) is 28.1 Å². The van der Waals surface area contributed by atoms with Crippen LogP contribution in [0.1, 0.15) is 11.1 Å². The van der Waals surface area contributed by atoms with Gasteiger partial charge in [-0.15, -0.1) is 0 Å². The van der Waals surface area contributed by atoms with E-state index in [1.165, 1.54) is 24.3 Å². The Kier molecular flexibility index (Phi) is 9.05. The second-order valence-electron chi connectivity index (χ2n) is 9.25. The Morgan fingerprint density at radius 3 is 2.26 bits per heavy atom. The zero-order chi connectivity index (χ0) is 30.3. The van der Waals surface area contributed by atoms with E-state index in [0.717, 1.165) is 10.5 Å². The third-order valence-corrected chi connectivity index (χ3v) is 6.69. The molecule has 1 fully saturated rings. The first-order valence-electron chi connectivity index (χ1n) is 12.9. The lowest BCUT2D eigenvalue weighted by atomic mass is 10.1. The summed E-state index contributed by atoms with van der Waals surface area (Å²) in [5.74, 6) is -1.47. The number of carbonyl (C=O) groups excluding carboxylic acids is 4. The van der Waals surface area contributed by atoms with Gasteiger partial charge < -0.3 is 14.8 Å². The number of nitrogens with zero attached hydrogens (tertiary/aromatic N) is 1. The number of halogens is 2. The molecule has 5 rings (SSSR count). The Morgan fingerprint density at radius 1 is 0.837 bits per heavy atom. The maximum absolute atomic E-state index is 13.4. The molecule has 4 aromatic carbocycles. The van der Waals surface area contributed by atoms with Crippen molar-refractivity contribution >= 4 is 64.4 Å². The number of imide groups is 2. The third-order valence-electron chi connectivity index (χ3n) is 6.20. The fourth-order valence-electron chi connectivity index (χ4n) is 4.12. The summed E-state index contributed by atoms with van der Waals surface area (Å²) in [6.45, 7) is -0.0264. The van der Waals surface area contributed by atoms with E-state index in [4.69, 9.17) is 32.7 Å². The van der Waals surface area contributed by atoms with Crippen molar-refractivity contribution in [2.24, 2.45) is 0 Å². The summed E-state index contributed by atoms with van der Waals surface area (Å²) < 4.78 is 11.5. The Morgan fingerprint density at radius 2 is 1.53 bits per heavy atom. The van der Waals surface area contributed by atoms with Crippen LogP contribution in [0.3, 0.4) is 0 Å². The first-order valence-corrected chi connectivity index (χ1v) is 13.7. The molecule has 0 spiro atoms. The van der Waals surface area contributed by atoms with Gasteiger partial charge in [-0.2, -0.15) is 0 Å². The first-order chi connectivity index (χ1) is 20.8. The van der Waals surface area contributed by atoms with Gasteiger partial charge in [0.2, 0.25) is 0 Å². The molecular formula is C32H23Cl2N3O6. The molecule has 0 radical (unpaired) electrons. The van der Waals surface area contributed by atoms with E-state index < -0.39 is 23.8 Å². The van der Waals surface area contributed by atoms with Crippen LogP contribution < -0.4 is 25.0 Å². The molecule has 4 aromatic rings. The van der Waals surface area contributed by atoms with Gasteiger partial charge in [0, 0.05) is 21.3 Å². The molecule has 0 saturated carbocycles. The van der Waals surface area contributed by atoms with Gasteiger partial charge in [-0.05, 0) is 78.4 Å². The molecule has 43 heavy (non-hydrogen) atoms. The standard InChI is InChI=1S/C32H23Cl2N3O6/c33-22-6-9-24(10-7-22)35-29(38)19-43-28-15-8-23(34)16-21(28)17-27-30(39)36-32(41)37(31(27)40)25-11-13-26(14-12-25)42-18-20-4-2-1-3-5-20/h1-17H,18-19H2,(H,35,38)(H,36,39,41)/b27-17+. The third kappa shape index (κ3) is 7.40. The average molecular weight is 616 g/mol. The topological polar surface area (TPSA) is 114 Å². The van der Waals surface area contributed by atoms with Gasteiger partial charge in [0.15, 0.2) is 6.61 Å². The van der Waals surface area contributed by atoms with Crippen LogP contribution >= 0.6 is 23.2 Å². The van der Waals surface area contributed by atoms with Crippen molar-refractivity contribution in [2.45, 2.75) is 6.61 Å². The van der Waals surface area contributed by atoms with Crippen LogP contribution in [-0.2, 0) is 21.0 Å². The van der Waals surface area contributed by atoms with E-state index in [1.807, 2.05) is 30.3 Å². The number of barbiturate groups is 1. The zero-order valence-electron chi connectivity index (χ0n) is 22.4. The highest BCUT2D eigenvalue weighted by molar-refractivity contribution is 6.39. The van der Waals surface area contributed by atoms with Gasteiger partial charge >= 0.3 is 6.03 Å². The highest BCUT2D eigenvalue weighted by Gasteiger charge is 2.37. The molecule has 9 nitrogen and oxygen atoms in total. The van der Waals surface area contributed by atoms with Crippen LogP contribution in [0.15, 0.2) is 103 Å². The van der Waals surface area contributed by atoms with Crippen LogP contribution in [0, 0.1) is 0 Å². The molecule has 0 unspecified atom stereocenters. The van der Waals surface area contributed by atoms with Crippen molar-refractivity contribution in [3.63, 3.8) is 0 Å². The molecule has 11 heteroatoms. The van der Waals surface area contributed by atoms with Gasteiger partial charge in [-0.1, -0.05) is 53.5 Å². The molecule has 0 aromatic heterocycles. The molecule has 2 N–H and O–H groups in total. The number of carbonyl (C=O) groups is 4. The maximum Gasteiger partial charge on any atom is 0.335 e. The summed E-state index contributed by atoms with van der Waals surface area (Å²) >= 11 is 12.1. The average Bonchev–Trinajstić information content (AvgIpc) is 3.00. The molecule has 0 aliphatic carbocycles. The van der Waals surface area contributed by atoms with Gasteiger partial charge in [0.25, 0.3) is 17.7 Å². The SMILES string of the molecule is O=C(COc1ccc(Cl)cc1/C=C1\C(=O)NC(=O)N(c2ccc(OCc3ccccc3)cc2)C1=O)Nc1ccc(Cl)cc1. The number of ether oxygens (including phenoxy) is 2. The lowest BCUT2D eigenvalue weighted by Gasteiger charge is -2.26. The molecule has 0 atom stereocenters. The van der Waals surface area contributed by atoms with Gasteiger partial charge in [0.1, 0.15) is 23.7 Å². The second-order valence-corrected chi connectivity index (χ2v) is 10.1. The van der Waals surface area contributed by atoms with Crippen molar-refractivity contribution in [2.75, 3.05) is 16.8 Å². The predicted molar refractivity (Wildman–Crippen MR) is 163 cm³/mol. The minimum Gasteiger partial charge on any atom is -0.489 e. The molecule has 1 aliphatic heterocycles. The molecular weight excluding hydrogens is 593 g/mol. The summed E-state index contributed by atoms with van der Waals surface area (Å²) in [6.07, 6.45) is 1.26. The first kappa shape index (κ1) is 29.4. The molecule has 0 bridgehead atoms. The van der Waals surface area contributed by atoms with Crippen LogP contribution in [0.2, 0.25) is 10.0 Å². The molecule has 1 saturated heterocycles. The quantitative estimate of drug-likeness (QED) is 0.170. The number of hydrogen-bond donors (Lipinski definition) is 2. The Labute approximate surface area is 256 Å². The lowest BCUT2D eigenvalue weighted by molar-refractivity contribution is -0.122. The maximum atomic E-state index is 13.4. The molecule has 5 amide bonds. The molecule has 216 valence electrons. The van der Waals surface area contributed by atoms with Crippen molar-refractivity contribution in [3.05, 3.63) is 124 Å². The number of nitrogens with one attached hydrogen (secondary N) is 2. The van der Waals surface area contributed by atoms with Crippen LogP contribution in [-0.4, -0.2) is 30.4 Å². The summed E-state index contributed by atoms with van der Waals surface area (Å²) in [5, 5.41) is 5.69. The lowest BCUT2D eigenvalue weighted by Crippen LogP contribution is -2.54. The fourth-order valence-corrected chi connectivity index (χ4v) is 4.42. The number of amides is 5. The normalized spacial score (nSPS) is 14.0. The number of rotatable bonds is 9. The van der Waals surface area contributed by atoms with E-state index in [-0.39, 0.29) is 29.2 Å². The van der Waals surface area contributed by atoms with Crippen molar-refractivity contribution in [1.82, 2.24) is 5.32 Å². The molecule has 1 aliphatic rings. The smallest absolute Gasteiger partial charge is 0.335 e. The van der Waals surface area contributed by atoms with E-state index in [9.17, 15) is 19.2 Å². The van der Waals surface area contributed by atoms with Crippen molar-refractivity contribution in [3.8, 4) is 11.5 Å².